The monoisotopic (exact) mass is 237 g/mol. The number of benzene rings is 1. The zero-order valence-electron chi connectivity index (χ0n) is 10.0. The average molecular weight is 237 g/mol. The van der Waals surface area contributed by atoms with Gasteiger partial charge >= 0.3 is 0 Å². The summed E-state index contributed by atoms with van der Waals surface area (Å²) in [5.74, 6) is 0.150. The number of nitrogens with one attached hydrogen (secondary N) is 1. The molecule has 0 radical (unpaired) electrons. The molecule has 0 amide bonds. The van der Waals surface area contributed by atoms with Gasteiger partial charge in [0.05, 0.1) is 6.10 Å². The lowest BCUT2D eigenvalue weighted by Crippen LogP contribution is -2.24. The number of halogens is 1. The SMILES string of the molecule is OC(Cc1ccc(F)cc1)C1CCCNCC1. The minimum absolute atomic E-state index is 0.220. The second kappa shape index (κ2) is 6.12. The second-order valence-electron chi connectivity index (χ2n) is 4.84. The number of hydrogen-bond donors (Lipinski definition) is 2. The van der Waals surface area contributed by atoms with Crippen LogP contribution >= 0.6 is 0 Å². The maximum Gasteiger partial charge on any atom is 0.123 e. The van der Waals surface area contributed by atoms with Gasteiger partial charge in [0.1, 0.15) is 5.82 Å². The maximum absolute atomic E-state index is 12.8. The molecule has 2 nitrogen and oxygen atoms in total. The van der Waals surface area contributed by atoms with Crippen molar-refractivity contribution in [2.45, 2.75) is 31.8 Å². The molecule has 0 bridgehead atoms. The highest BCUT2D eigenvalue weighted by atomic mass is 19.1. The zero-order chi connectivity index (χ0) is 12.1. The third kappa shape index (κ3) is 3.79. The van der Waals surface area contributed by atoms with Gasteiger partial charge in [-0.1, -0.05) is 12.1 Å². The molecule has 1 aromatic carbocycles. The molecule has 2 rings (SSSR count). The lowest BCUT2D eigenvalue weighted by atomic mass is 9.90. The molecule has 0 spiro atoms. The van der Waals surface area contributed by atoms with Crippen LogP contribution in [0.2, 0.25) is 0 Å². The van der Waals surface area contributed by atoms with Gasteiger partial charge in [-0.15, -0.1) is 0 Å². The number of hydrogen-bond acceptors (Lipinski definition) is 2. The molecule has 1 fully saturated rings. The van der Waals surface area contributed by atoms with E-state index < -0.39 is 0 Å². The minimum Gasteiger partial charge on any atom is -0.392 e. The van der Waals surface area contributed by atoms with Crippen LogP contribution in [0, 0.1) is 11.7 Å². The first kappa shape index (κ1) is 12.5. The molecule has 94 valence electrons. The van der Waals surface area contributed by atoms with Crippen LogP contribution in [0.15, 0.2) is 24.3 Å². The molecule has 1 aliphatic heterocycles. The van der Waals surface area contributed by atoms with E-state index in [1.165, 1.54) is 12.1 Å². The predicted molar refractivity (Wildman–Crippen MR) is 66.3 cm³/mol. The van der Waals surface area contributed by atoms with Crippen molar-refractivity contribution in [2.24, 2.45) is 5.92 Å². The van der Waals surface area contributed by atoms with E-state index in [1.807, 2.05) is 0 Å². The molecular formula is C14H20FNO. The highest BCUT2D eigenvalue weighted by Gasteiger charge is 2.20. The summed E-state index contributed by atoms with van der Waals surface area (Å²) in [6, 6.07) is 6.43. The summed E-state index contributed by atoms with van der Waals surface area (Å²) < 4.78 is 12.8. The van der Waals surface area contributed by atoms with Crippen LogP contribution in [0.25, 0.3) is 0 Å². The summed E-state index contributed by atoms with van der Waals surface area (Å²) >= 11 is 0. The van der Waals surface area contributed by atoms with Gasteiger partial charge < -0.3 is 10.4 Å². The van der Waals surface area contributed by atoms with Crippen LogP contribution in [0.1, 0.15) is 24.8 Å². The van der Waals surface area contributed by atoms with Crippen molar-refractivity contribution in [1.82, 2.24) is 5.32 Å². The Labute approximate surface area is 102 Å². The van der Waals surface area contributed by atoms with Crippen LogP contribution in [0.3, 0.4) is 0 Å². The molecular weight excluding hydrogens is 217 g/mol. The molecule has 0 aromatic heterocycles. The lowest BCUT2D eigenvalue weighted by molar-refractivity contribution is 0.100. The highest BCUT2D eigenvalue weighted by Crippen LogP contribution is 2.20. The molecule has 2 N–H and O–H groups in total. The van der Waals surface area contributed by atoms with Crippen molar-refractivity contribution in [3.63, 3.8) is 0 Å². The standard InChI is InChI=1S/C14H20FNO/c15-13-5-3-11(4-6-13)10-14(17)12-2-1-8-16-9-7-12/h3-6,12,14,16-17H,1-2,7-10H2. The molecule has 3 heteroatoms. The normalized spacial score (nSPS) is 23.1. The molecule has 2 atom stereocenters. The van der Waals surface area contributed by atoms with E-state index in [2.05, 4.69) is 5.32 Å². The van der Waals surface area contributed by atoms with Crippen LogP contribution in [0.5, 0.6) is 0 Å². The summed E-state index contributed by atoms with van der Waals surface area (Å²) in [6.07, 6.45) is 3.56. The first-order valence-corrected chi connectivity index (χ1v) is 6.39. The van der Waals surface area contributed by atoms with Crippen LogP contribution in [-0.4, -0.2) is 24.3 Å². The summed E-state index contributed by atoms with van der Waals surface area (Å²) in [6.45, 7) is 2.05. The number of rotatable bonds is 3. The molecule has 1 heterocycles. The van der Waals surface area contributed by atoms with Gasteiger partial charge in [-0.25, -0.2) is 4.39 Å². The first-order chi connectivity index (χ1) is 8.25. The van der Waals surface area contributed by atoms with Gasteiger partial charge in [0, 0.05) is 0 Å². The third-order valence-electron chi connectivity index (χ3n) is 3.52. The highest BCUT2D eigenvalue weighted by molar-refractivity contribution is 5.17. The fourth-order valence-electron chi connectivity index (χ4n) is 2.46. The van der Waals surface area contributed by atoms with E-state index in [0.29, 0.717) is 12.3 Å². The van der Waals surface area contributed by atoms with Crippen molar-refractivity contribution < 1.29 is 9.50 Å². The average Bonchev–Trinajstić information content (AvgIpc) is 2.61. The topological polar surface area (TPSA) is 32.3 Å². The zero-order valence-corrected chi connectivity index (χ0v) is 10.0. The number of aliphatic hydroxyl groups is 1. The quantitative estimate of drug-likeness (QED) is 0.844. The minimum atomic E-state index is -0.305. The summed E-state index contributed by atoms with van der Waals surface area (Å²) in [7, 11) is 0. The fraction of sp³-hybridized carbons (Fsp3) is 0.571. The first-order valence-electron chi connectivity index (χ1n) is 6.39. The van der Waals surface area contributed by atoms with Crippen LogP contribution < -0.4 is 5.32 Å². The summed E-state index contributed by atoms with van der Waals surface area (Å²) in [5, 5.41) is 13.5. The van der Waals surface area contributed by atoms with E-state index in [0.717, 1.165) is 37.9 Å². The van der Waals surface area contributed by atoms with Crippen LogP contribution in [-0.2, 0) is 6.42 Å². The van der Waals surface area contributed by atoms with Crippen molar-refractivity contribution >= 4 is 0 Å². The Balaban J connectivity index is 1.90. The molecule has 1 aliphatic rings. The van der Waals surface area contributed by atoms with Gasteiger partial charge in [-0.05, 0) is 62.4 Å². The predicted octanol–water partition coefficient (Wildman–Crippen LogP) is 2.12. The number of aliphatic hydroxyl groups excluding tert-OH is 1. The van der Waals surface area contributed by atoms with Gasteiger partial charge in [0.2, 0.25) is 0 Å². The van der Waals surface area contributed by atoms with Gasteiger partial charge in [-0.3, -0.25) is 0 Å². The summed E-state index contributed by atoms with van der Waals surface area (Å²) in [5.41, 5.74) is 1.01. The fourth-order valence-corrected chi connectivity index (χ4v) is 2.46. The Hall–Kier alpha value is -0.930. The largest absolute Gasteiger partial charge is 0.392 e. The molecule has 0 saturated carbocycles. The van der Waals surface area contributed by atoms with E-state index in [1.54, 1.807) is 12.1 Å². The Kier molecular flexibility index (Phi) is 4.51. The smallest absolute Gasteiger partial charge is 0.123 e. The molecule has 17 heavy (non-hydrogen) atoms. The van der Waals surface area contributed by atoms with Gasteiger partial charge in [0.15, 0.2) is 0 Å². The summed E-state index contributed by atoms with van der Waals surface area (Å²) in [4.78, 5) is 0. The lowest BCUT2D eigenvalue weighted by Gasteiger charge is -2.21. The molecule has 1 aromatic rings. The van der Waals surface area contributed by atoms with Crippen molar-refractivity contribution in [2.75, 3.05) is 13.1 Å². The third-order valence-corrected chi connectivity index (χ3v) is 3.52. The van der Waals surface area contributed by atoms with Crippen molar-refractivity contribution in [3.8, 4) is 0 Å². The maximum atomic E-state index is 12.8. The van der Waals surface area contributed by atoms with Crippen molar-refractivity contribution in [1.29, 1.82) is 0 Å². The Morgan fingerprint density at radius 1 is 1.24 bits per heavy atom. The van der Waals surface area contributed by atoms with E-state index in [-0.39, 0.29) is 11.9 Å². The van der Waals surface area contributed by atoms with Crippen LogP contribution in [0.4, 0.5) is 4.39 Å². The Morgan fingerprint density at radius 2 is 2.00 bits per heavy atom. The molecule has 1 saturated heterocycles. The van der Waals surface area contributed by atoms with Crippen molar-refractivity contribution in [3.05, 3.63) is 35.6 Å². The van der Waals surface area contributed by atoms with Gasteiger partial charge in [0.25, 0.3) is 0 Å². The van der Waals surface area contributed by atoms with E-state index in [9.17, 15) is 9.50 Å². The van der Waals surface area contributed by atoms with Gasteiger partial charge in [-0.2, -0.15) is 0 Å². The second-order valence-corrected chi connectivity index (χ2v) is 4.84. The Morgan fingerprint density at radius 3 is 2.76 bits per heavy atom. The molecule has 2 unspecified atom stereocenters. The molecule has 0 aliphatic carbocycles. The van der Waals surface area contributed by atoms with E-state index >= 15 is 0 Å². The van der Waals surface area contributed by atoms with E-state index in [4.69, 9.17) is 0 Å². The Bertz CT molecular complexity index is 331.